The van der Waals surface area contributed by atoms with Crippen LogP contribution in [0.25, 0.3) is 11.0 Å². The van der Waals surface area contributed by atoms with E-state index in [1.807, 2.05) is 18.9 Å². The van der Waals surface area contributed by atoms with Crippen LogP contribution < -0.4 is 9.64 Å². The Bertz CT molecular complexity index is 1070. The van der Waals surface area contributed by atoms with Crippen LogP contribution >= 0.6 is 0 Å². The van der Waals surface area contributed by atoms with Crippen LogP contribution in [-0.2, 0) is 17.3 Å². The quantitative estimate of drug-likeness (QED) is 0.351. The largest absolute Gasteiger partial charge is 0.493 e. The van der Waals surface area contributed by atoms with Crippen LogP contribution in [0.2, 0.25) is 0 Å². The lowest BCUT2D eigenvalue weighted by Gasteiger charge is -2.18. The Morgan fingerprint density at radius 3 is 2.62 bits per heavy atom. The van der Waals surface area contributed by atoms with Gasteiger partial charge in [-0.3, -0.25) is 0 Å². The number of esters is 1. The molecule has 0 aliphatic heterocycles. The second kappa shape index (κ2) is 9.84. The van der Waals surface area contributed by atoms with Gasteiger partial charge in [0.05, 0.1) is 31.5 Å². The molecule has 2 aromatic heterocycles. The Morgan fingerprint density at radius 2 is 2.00 bits per heavy atom. The van der Waals surface area contributed by atoms with Gasteiger partial charge in [0.15, 0.2) is 17.0 Å². The molecule has 1 aromatic carbocycles. The summed E-state index contributed by atoms with van der Waals surface area (Å²) < 4.78 is 54.8. The zero-order valence-electron chi connectivity index (χ0n) is 17.9. The number of ether oxygens (including phenoxy) is 2. The van der Waals surface area contributed by atoms with Gasteiger partial charge in [-0.15, -0.1) is 0 Å². The van der Waals surface area contributed by atoms with Crippen molar-refractivity contribution >= 4 is 22.8 Å². The van der Waals surface area contributed by atoms with Crippen LogP contribution in [0.5, 0.6) is 5.75 Å². The number of nitrogens with zero attached hydrogens (tertiary/aromatic N) is 4. The van der Waals surface area contributed by atoms with Crippen molar-refractivity contribution < 1.29 is 32.0 Å². The summed E-state index contributed by atoms with van der Waals surface area (Å²) in [4.78, 5) is 21.5. The van der Waals surface area contributed by atoms with E-state index in [0.29, 0.717) is 49.5 Å². The number of aryl methyl sites for hydroxylation is 1. The number of methoxy groups -OCH3 is 1. The summed E-state index contributed by atoms with van der Waals surface area (Å²) in [6.07, 6.45) is 0.0572. The molecular weight excluding hydrogens is 429 g/mol. The van der Waals surface area contributed by atoms with Crippen molar-refractivity contribution in [1.29, 1.82) is 0 Å². The number of benzene rings is 1. The molecular formula is C21H23F3N4O4. The fourth-order valence-corrected chi connectivity index (χ4v) is 3.19. The molecule has 172 valence electrons. The minimum absolute atomic E-state index is 0.0676. The molecule has 0 fully saturated rings. The van der Waals surface area contributed by atoms with E-state index in [4.69, 9.17) is 9.26 Å². The van der Waals surface area contributed by atoms with E-state index in [-0.39, 0.29) is 16.7 Å². The monoisotopic (exact) mass is 452 g/mol. The Kier molecular flexibility index (Phi) is 7.16. The van der Waals surface area contributed by atoms with Crippen molar-refractivity contribution in [2.75, 3.05) is 32.2 Å². The Hall–Kier alpha value is -3.37. The molecule has 32 heavy (non-hydrogen) atoms. The molecule has 0 saturated heterocycles. The van der Waals surface area contributed by atoms with E-state index in [1.54, 1.807) is 0 Å². The van der Waals surface area contributed by atoms with Gasteiger partial charge >= 0.3 is 12.1 Å². The molecule has 0 atom stereocenters. The van der Waals surface area contributed by atoms with Gasteiger partial charge in [0.2, 0.25) is 0 Å². The van der Waals surface area contributed by atoms with Gasteiger partial charge in [-0.1, -0.05) is 18.5 Å². The van der Waals surface area contributed by atoms with Crippen LogP contribution in [-0.4, -0.2) is 48.4 Å². The lowest BCUT2D eigenvalue weighted by molar-refractivity contribution is -0.141. The second-order valence-electron chi connectivity index (χ2n) is 7.07. The van der Waals surface area contributed by atoms with Gasteiger partial charge in [-0.05, 0) is 25.0 Å². The average molecular weight is 452 g/mol. The molecule has 8 nitrogen and oxygen atoms in total. The van der Waals surface area contributed by atoms with E-state index in [9.17, 15) is 18.0 Å². The highest BCUT2D eigenvalue weighted by atomic mass is 19.4. The lowest BCUT2D eigenvalue weighted by atomic mass is 10.0. The molecule has 2 heterocycles. The Balaban J connectivity index is 1.63. The SMILES string of the molecule is CCCc1c(OCCCN(C)c2cnc(C(=O)OC)cn2)ccc2c(C(F)(F)F)noc12. The highest BCUT2D eigenvalue weighted by Crippen LogP contribution is 2.38. The smallest absolute Gasteiger partial charge is 0.437 e. The number of aromatic nitrogens is 3. The third-order valence-electron chi connectivity index (χ3n) is 4.79. The number of anilines is 1. The maximum Gasteiger partial charge on any atom is 0.437 e. The minimum atomic E-state index is -4.58. The number of fused-ring (bicyclic) bond motifs is 1. The van der Waals surface area contributed by atoms with Crippen LogP contribution in [0.3, 0.4) is 0 Å². The van der Waals surface area contributed by atoms with E-state index in [2.05, 4.69) is 19.9 Å². The number of carbonyl (C=O) groups excluding carboxylic acids is 1. The van der Waals surface area contributed by atoms with Gasteiger partial charge in [0, 0.05) is 19.2 Å². The Labute approximate surface area is 182 Å². The zero-order chi connectivity index (χ0) is 23.3. The lowest BCUT2D eigenvalue weighted by Crippen LogP contribution is -2.22. The van der Waals surface area contributed by atoms with Crippen molar-refractivity contribution in [3.05, 3.63) is 41.5 Å². The van der Waals surface area contributed by atoms with Crippen LogP contribution in [0, 0.1) is 0 Å². The average Bonchev–Trinajstić information content (AvgIpc) is 3.22. The first-order valence-electron chi connectivity index (χ1n) is 9.99. The molecule has 0 saturated carbocycles. The first-order valence-corrected chi connectivity index (χ1v) is 9.99. The molecule has 0 spiro atoms. The maximum absolute atomic E-state index is 13.1. The summed E-state index contributed by atoms with van der Waals surface area (Å²) in [7, 11) is 3.09. The molecule has 3 aromatic rings. The number of hydrogen-bond acceptors (Lipinski definition) is 8. The number of carbonyl (C=O) groups is 1. The van der Waals surface area contributed by atoms with Crippen LogP contribution in [0.1, 0.15) is 41.5 Å². The Morgan fingerprint density at radius 1 is 1.22 bits per heavy atom. The fraction of sp³-hybridized carbons (Fsp3) is 0.429. The van der Waals surface area contributed by atoms with E-state index in [0.717, 1.165) is 0 Å². The van der Waals surface area contributed by atoms with Crippen molar-refractivity contribution in [1.82, 2.24) is 15.1 Å². The van der Waals surface area contributed by atoms with Gasteiger partial charge in [0.1, 0.15) is 11.6 Å². The predicted molar refractivity (Wildman–Crippen MR) is 110 cm³/mol. The van der Waals surface area contributed by atoms with Gasteiger partial charge < -0.3 is 18.9 Å². The summed E-state index contributed by atoms with van der Waals surface area (Å²) in [6.45, 7) is 2.84. The van der Waals surface area contributed by atoms with Gasteiger partial charge in [-0.25, -0.2) is 14.8 Å². The number of rotatable bonds is 9. The van der Waals surface area contributed by atoms with Crippen molar-refractivity contribution in [3.8, 4) is 5.75 Å². The standard InChI is InChI=1S/C21H23F3N4O4/c1-4-6-13-16(8-7-14-18(13)32-27-19(14)21(22,23)24)31-10-5-9-28(2)17-12-25-15(11-26-17)20(29)30-3/h7-8,11-12H,4-6,9-10H2,1-3H3. The second-order valence-corrected chi connectivity index (χ2v) is 7.07. The highest BCUT2D eigenvalue weighted by molar-refractivity contribution is 5.86. The number of halogens is 3. The summed E-state index contributed by atoms with van der Waals surface area (Å²) in [5, 5.41) is 3.15. The summed E-state index contributed by atoms with van der Waals surface area (Å²) in [5.41, 5.74) is -0.231. The summed E-state index contributed by atoms with van der Waals surface area (Å²) >= 11 is 0. The number of alkyl halides is 3. The molecule has 0 aliphatic rings. The minimum Gasteiger partial charge on any atom is -0.493 e. The molecule has 0 radical (unpaired) electrons. The van der Waals surface area contributed by atoms with E-state index >= 15 is 0 Å². The molecule has 3 rings (SSSR count). The van der Waals surface area contributed by atoms with Crippen LogP contribution in [0.4, 0.5) is 19.0 Å². The molecule has 0 amide bonds. The van der Waals surface area contributed by atoms with E-state index in [1.165, 1.54) is 31.6 Å². The topological polar surface area (TPSA) is 90.6 Å². The summed E-state index contributed by atoms with van der Waals surface area (Å²) in [6, 6.07) is 2.86. The number of hydrogen-bond donors (Lipinski definition) is 0. The van der Waals surface area contributed by atoms with Crippen molar-refractivity contribution in [3.63, 3.8) is 0 Å². The zero-order valence-corrected chi connectivity index (χ0v) is 17.9. The molecule has 0 bridgehead atoms. The predicted octanol–water partition coefficient (Wildman–Crippen LogP) is 4.28. The highest BCUT2D eigenvalue weighted by Gasteiger charge is 2.37. The third kappa shape index (κ3) is 5.09. The molecule has 0 aliphatic carbocycles. The summed E-state index contributed by atoms with van der Waals surface area (Å²) in [5.74, 6) is 0.496. The third-order valence-corrected chi connectivity index (χ3v) is 4.79. The molecule has 0 N–H and O–H groups in total. The maximum atomic E-state index is 13.1. The molecule has 0 unspecified atom stereocenters. The van der Waals surface area contributed by atoms with Crippen molar-refractivity contribution in [2.24, 2.45) is 0 Å². The van der Waals surface area contributed by atoms with Gasteiger partial charge in [-0.2, -0.15) is 13.2 Å². The van der Waals surface area contributed by atoms with Crippen LogP contribution in [0.15, 0.2) is 29.0 Å². The first-order chi connectivity index (χ1) is 15.3. The van der Waals surface area contributed by atoms with E-state index < -0.39 is 17.8 Å². The first kappa shape index (κ1) is 23.3. The fourth-order valence-electron chi connectivity index (χ4n) is 3.19. The normalized spacial score (nSPS) is 11.6. The van der Waals surface area contributed by atoms with Gasteiger partial charge in [0.25, 0.3) is 0 Å². The van der Waals surface area contributed by atoms with Crippen molar-refractivity contribution in [2.45, 2.75) is 32.4 Å². The molecule has 11 heteroatoms.